The van der Waals surface area contributed by atoms with E-state index in [9.17, 15) is 0 Å². The fourth-order valence-corrected chi connectivity index (χ4v) is 15.9. The Labute approximate surface area is 585 Å². The Bertz CT molecular complexity index is 6770. The second kappa shape index (κ2) is 23.6. The van der Waals surface area contributed by atoms with Gasteiger partial charge in [-0.25, -0.2) is 19.9 Å². The minimum Gasteiger partial charge on any atom is -0.309 e. The van der Waals surface area contributed by atoms with Gasteiger partial charge in [-0.15, -0.1) is 0 Å². The largest absolute Gasteiger partial charge is 0.309 e. The van der Waals surface area contributed by atoms with Gasteiger partial charge >= 0.3 is 0 Å². The van der Waals surface area contributed by atoms with Gasteiger partial charge < -0.3 is 9.13 Å². The summed E-state index contributed by atoms with van der Waals surface area (Å²) in [5.41, 5.74) is 18.6. The molecule has 0 atom stereocenters. The molecule has 0 saturated heterocycles. The third-order valence-electron chi connectivity index (χ3n) is 20.4. The highest BCUT2D eigenvalue weighted by atomic mass is 35.5. The summed E-state index contributed by atoms with van der Waals surface area (Å²) in [5, 5.41) is 19.7. The van der Waals surface area contributed by atoms with Crippen LogP contribution < -0.4 is 0 Å². The van der Waals surface area contributed by atoms with E-state index in [0.29, 0.717) is 16.8 Å². The summed E-state index contributed by atoms with van der Waals surface area (Å²) in [7, 11) is 0. The van der Waals surface area contributed by atoms with Crippen molar-refractivity contribution in [1.82, 2.24) is 33.6 Å². The van der Waals surface area contributed by atoms with Gasteiger partial charge in [0.05, 0.1) is 44.1 Å². The SMILES string of the molecule is Clc1nc(-c2ccc3c(c2)c2ccccc2n3-c2ccccc2)nc2ccccc12.c1ccc(-n2c3ccccc3c3cc(-c4nc(-n5c6cc7ccccc7cc6c6cc7ccccc7cc65)c5ccccc5n4)ccc32)cc1.c1ccc2cc3c(cc2c1)Cc1cc2ccccc2cc1-3. The van der Waals surface area contributed by atoms with Crippen LogP contribution in [0.2, 0.25) is 5.15 Å². The first-order valence-electron chi connectivity index (χ1n) is 34.2. The fourth-order valence-electron chi connectivity index (χ4n) is 15.7. The minimum atomic E-state index is 0.474. The van der Waals surface area contributed by atoms with Crippen LogP contribution in [0.1, 0.15) is 11.1 Å². The van der Waals surface area contributed by atoms with Crippen LogP contribution in [0, 0.1) is 0 Å². The Morgan fingerprint density at radius 2 is 0.584 bits per heavy atom. The summed E-state index contributed by atoms with van der Waals surface area (Å²) in [6.07, 6.45) is 1.06. The molecule has 8 heteroatoms. The zero-order valence-corrected chi connectivity index (χ0v) is 55.3. The molecule has 5 aromatic heterocycles. The van der Waals surface area contributed by atoms with E-state index in [1.807, 2.05) is 30.3 Å². The number of nitrogens with zero attached hydrogens (tertiary/aromatic N) is 7. The van der Waals surface area contributed by atoms with Gasteiger partial charge in [-0.3, -0.25) is 4.57 Å². The van der Waals surface area contributed by atoms with Gasteiger partial charge in [0.15, 0.2) is 11.6 Å². The third-order valence-corrected chi connectivity index (χ3v) is 20.6. The smallest absolute Gasteiger partial charge is 0.162 e. The predicted molar refractivity (Wildman–Crippen MR) is 423 cm³/mol. The van der Waals surface area contributed by atoms with Gasteiger partial charge in [-0.05, 0) is 205 Å². The Kier molecular flexibility index (Phi) is 13.6. The lowest BCUT2D eigenvalue weighted by molar-refractivity contribution is 1.08. The number of halogens is 1. The number of benzene rings is 16. The molecule has 0 fully saturated rings. The fraction of sp³-hybridized carbons (Fsp3) is 0.0108. The van der Waals surface area contributed by atoms with Crippen LogP contribution >= 0.6 is 11.6 Å². The highest BCUT2D eigenvalue weighted by molar-refractivity contribution is 6.34. The molecule has 1 aliphatic rings. The van der Waals surface area contributed by atoms with E-state index in [1.165, 1.54) is 109 Å². The quantitative estimate of drug-likeness (QED) is 0.161. The number of para-hydroxylation sites is 6. The molecule has 5 heterocycles. The van der Waals surface area contributed by atoms with Gasteiger partial charge in [0.25, 0.3) is 0 Å². The van der Waals surface area contributed by atoms with Crippen molar-refractivity contribution >= 4 is 142 Å². The monoisotopic (exact) mass is 1310 g/mol. The first kappa shape index (κ1) is 58.1. The molecule has 0 bridgehead atoms. The number of hydrogen-bond donors (Lipinski definition) is 0. The molecule has 0 amide bonds. The van der Waals surface area contributed by atoms with Gasteiger partial charge in [-0.2, -0.15) is 0 Å². The van der Waals surface area contributed by atoms with Crippen LogP contribution in [0.5, 0.6) is 0 Å². The van der Waals surface area contributed by atoms with Crippen molar-refractivity contribution in [3.05, 3.63) is 356 Å². The van der Waals surface area contributed by atoms with E-state index in [1.54, 1.807) is 0 Å². The van der Waals surface area contributed by atoms with E-state index >= 15 is 0 Å². The summed E-state index contributed by atoms with van der Waals surface area (Å²) in [4.78, 5) is 20.0. The minimum absolute atomic E-state index is 0.474. The average Bonchev–Trinajstić information content (AvgIpc) is 1.59. The number of rotatable bonds is 5. The van der Waals surface area contributed by atoms with Gasteiger partial charge in [0.1, 0.15) is 11.0 Å². The van der Waals surface area contributed by atoms with Crippen molar-refractivity contribution in [3.8, 4) is 51.1 Å². The lowest BCUT2D eigenvalue weighted by Gasteiger charge is -2.13. The van der Waals surface area contributed by atoms with E-state index in [-0.39, 0.29) is 0 Å². The summed E-state index contributed by atoms with van der Waals surface area (Å²) >= 11 is 6.45. The maximum absolute atomic E-state index is 6.45. The van der Waals surface area contributed by atoms with Crippen molar-refractivity contribution in [2.24, 2.45) is 0 Å². The molecular weight excluding hydrogens is 1250 g/mol. The van der Waals surface area contributed by atoms with Crippen molar-refractivity contribution in [2.75, 3.05) is 0 Å². The molecule has 16 aromatic carbocycles. The maximum atomic E-state index is 6.45. The number of aromatic nitrogens is 7. The van der Waals surface area contributed by atoms with E-state index in [2.05, 4.69) is 328 Å². The lowest BCUT2D eigenvalue weighted by atomic mass is 9.99. The third kappa shape index (κ3) is 9.80. The second-order valence-electron chi connectivity index (χ2n) is 26.2. The zero-order chi connectivity index (χ0) is 66.7. The Morgan fingerprint density at radius 3 is 1.06 bits per heavy atom. The molecule has 7 nitrogen and oxygen atoms in total. The summed E-state index contributed by atoms with van der Waals surface area (Å²) < 4.78 is 6.99. The average molecular weight is 1310 g/mol. The van der Waals surface area contributed by atoms with E-state index in [4.69, 9.17) is 26.6 Å². The zero-order valence-electron chi connectivity index (χ0n) is 54.5. The Balaban J connectivity index is 0.000000113. The maximum Gasteiger partial charge on any atom is 0.162 e. The molecule has 0 unspecified atom stereocenters. The van der Waals surface area contributed by atoms with Crippen LogP contribution in [0.25, 0.3) is 181 Å². The molecule has 0 saturated carbocycles. The normalized spacial score (nSPS) is 12.0. The van der Waals surface area contributed by atoms with Crippen molar-refractivity contribution in [3.63, 3.8) is 0 Å². The van der Waals surface area contributed by atoms with Crippen LogP contribution in [0.15, 0.2) is 340 Å². The summed E-state index contributed by atoms with van der Waals surface area (Å²) in [6.45, 7) is 0. The van der Waals surface area contributed by atoms with Crippen LogP contribution in [-0.4, -0.2) is 33.6 Å². The number of fused-ring (bicyclic) bond motifs is 18. The van der Waals surface area contributed by atoms with Crippen LogP contribution in [-0.2, 0) is 6.42 Å². The highest BCUT2D eigenvalue weighted by Gasteiger charge is 2.23. The molecule has 472 valence electrons. The standard InChI is InChI=1S/C46H28N4.C26H16ClN3.C21H14/c1-2-16-34(17-3-1)49-41-21-11-9-18-35(41)37-26-33(22-23-42(37)49)45-47-40-20-10-8-19-36(40)46(48-45)50-43-27-31-14-6-4-12-29(31)24-38(43)39-25-30-13-5-7-15-32(30)28-44(39)50;27-25-20-11-4-6-12-22(20)28-26(29-25)17-14-15-24-21(16-17)19-10-5-7-13-23(19)30(24)18-8-2-1-3-9-18;1-3-7-16-12-20-18(9-14(16)5-1)11-19-10-15-6-2-4-8-17(15)13-21(19)20/h1-28H;1-16H;1-10,12-13H,11H2. The van der Waals surface area contributed by atoms with Gasteiger partial charge in [0, 0.05) is 65.6 Å². The highest BCUT2D eigenvalue weighted by Crippen LogP contribution is 2.44. The van der Waals surface area contributed by atoms with Crippen molar-refractivity contribution < 1.29 is 0 Å². The van der Waals surface area contributed by atoms with Crippen LogP contribution in [0.4, 0.5) is 0 Å². The lowest BCUT2D eigenvalue weighted by Crippen LogP contribution is -2.02. The van der Waals surface area contributed by atoms with Gasteiger partial charge in [-0.1, -0.05) is 218 Å². The Morgan fingerprint density at radius 1 is 0.238 bits per heavy atom. The summed E-state index contributed by atoms with van der Waals surface area (Å²) in [6, 6.07) is 121. The molecule has 0 radical (unpaired) electrons. The van der Waals surface area contributed by atoms with E-state index < -0.39 is 0 Å². The molecule has 101 heavy (non-hydrogen) atoms. The molecule has 0 spiro atoms. The Hall–Kier alpha value is -13.1. The first-order chi connectivity index (χ1) is 50.0. The second-order valence-corrected chi connectivity index (χ2v) is 26.6. The molecule has 0 aliphatic heterocycles. The first-order valence-corrected chi connectivity index (χ1v) is 34.6. The van der Waals surface area contributed by atoms with Crippen molar-refractivity contribution in [1.29, 1.82) is 0 Å². The van der Waals surface area contributed by atoms with Gasteiger partial charge in [0.2, 0.25) is 0 Å². The summed E-state index contributed by atoms with van der Waals surface area (Å²) in [5.74, 6) is 2.22. The predicted octanol–water partition coefficient (Wildman–Crippen LogP) is 24.4. The molecule has 21 aromatic rings. The molecule has 1 aliphatic carbocycles. The molecular formula is C93H58ClN7. The van der Waals surface area contributed by atoms with E-state index in [0.717, 1.165) is 78.6 Å². The molecule has 0 N–H and O–H groups in total. The van der Waals surface area contributed by atoms with Crippen LogP contribution in [0.3, 0.4) is 0 Å². The number of hydrogen-bond acceptors (Lipinski definition) is 4. The molecule has 22 rings (SSSR count). The van der Waals surface area contributed by atoms with Crippen molar-refractivity contribution in [2.45, 2.75) is 6.42 Å². The topological polar surface area (TPSA) is 66.3 Å².